The summed E-state index contributed by atoms with van der Waals surface area (Å²) in [5, 5.41) is 2.98. The minimum atomic E-state index is -0.268. The number of nitrogens with one attached hydrogen (secondary N) is 1. The zero-order valence-electron chi connectivity index (χ0n) is 20.4. The van der Waals surface area contributed by atoms with E-state index in [1.165, 1.54) is 13.2 Å². The number of rotatable bonds is 7. The number of fused-ring (bicyclic) bond motifs is 2. The standard InChI is InChI=1S/C27H29N3O6/c1-33-20-6-3-18(4-7-20)15-28-27(32)26-21-9-10-29(11-12-30(21)25(31)14-24(26)34-2)16-19-5-8-22-23(13-19)36-17-35-22/h3-8,13-14H,9-12,15-17H2,1-2H3,(H,28,32). The first-order valence-electron chi connectivity index (χ1n) is 11.9. The number of benzene rings is 2. The van der Waals surface area contributed by atoms with Gasteiger partial charge in [-0.05, 0) is 35.4 Å². The van der Waals surface area contributed by atoms with E-state index in [9.17, 15) is 9.59 Å². The molecule has 0 aliphatic carbocycles. The molecule has 36 heavy (non-hydrogen) atoms. The van der Waals surface area contributed by atoms with Crippen LogP contribution in [0.5, 0.6) is 23.0 Å². The number of ether oxygens (including phenoxy) is 4. The van der Waals surface area contributed by atoms with Gasteiger partial charge in [-0.1, -0.05) is 18.2 Å². The van der Waals surface area contributed by atoms with E-state index in [4.69, 9.17) is 18.9 Å². The molecule has 2 aliphatic heterocycles. The van der Waals surface area contributed by atoms with Gasteiger partial charge >= 0.3 is 0 Å². The van der Waals surface area contributed by atoms with Crippen molar-refractivity contribution in [3.8, 4) is 23.0 Å². The van der Waals surface area contributed by atoms with Crippen LogP contribution >= 0.6 is 0 Å². The molecule has 9 nitrogen and oxygen atoms in total. The highest BCUT2D eigenvalue weighted by molar-refractivity contribution is 5.98. The molecule has 0 unspecified atom stereocenters. The van der Waals surface area contributed by atoms with Crippen molar-refractivity contribution < 1.29 is 23.7 Å². The number of pyridine rings is 1. The molecule has 0 saturated heterocycles. The molecule has 0 fully saturated rings. The summed E-state index contributed by atoms with van der Waals surface area (Å²) < 4.78 is 23.3. The summed E-state index contributed by atoms with van der Waals surface area (Å²) in [5.74, 6) is 2.29. The van der Waals surface area contributed by atoms with E-state index < -0.39 is 0 Å². The fourth-order valence-electron chi connectivity index (χ4n) is 4.67. The van der Waals surface area contributed by atoms with Gasteiger partial charge in [-0.15, -0.1) is 0 Å². The Morgan fingerprint density at radius 2 is 1.72 bits per heavy atom. The monoisotopic (exact) mass is 491 g/mol. The molecule has 1 aromatic heterocycles. The fraction of sp³-hybridized carbons (Fsp3) is 0.333. The maximum Gasteiger partial charge on any atom is 0.257 e. The van der Waals surface area contributed by atoms with Crippen molar-refractivity contribution >= 4 is 5.91 Å². The highest BCUT2D eigenvalue weighted by Crippen LogP contribution is 2.33. The van der Waals surface area contributed by atoms with Gasteiger partial charge in [0.05, 0.1) is 14.2 Å². The van der Waals surface area contributed by atoms with E-state index in [-0.39, 0.29) is 18.3 Å². The van der Waals surface area contributed by atoms with E-state index in [0.29, 0.717) is 56.2 Å². The smallest absolute Gasteiger partial charge is 0.257 e. The first-order chi connectivity index (χ1) is 17.6. The maximum atomic E-state index is 13.3. The Morgan fingerprint density at radius 1 is 0.944 bits per heavy atom. The van der Waals surface area contributed by atoms with Crippen LogP contribution in [0.25, 0.3) is 0 Å². The minimum absolute atomic E-state index is 0.168. The molecule has 5 rings (SSSR count). The molecule has 3 aromatic rings. The van der Waals surface area contributed by atoms with E-state index >= 15 is 0 Å². The summed E-state index contributed by atoms with van der Waals surface area (Å²) in [6.45, 7) is 3.16. The van der Waals surface area contributed by atoms with Crippen molar-refractivity contribution in [1.29, 1.82) is 0 Å². The maximum absolute atomic E-state index is 13.3. The van der Waals surface area contributed by atoms with Crippen molar-refractivity contribution in [2.24, 2.45) is 0 Å². The third-order valence-corrected chi connectivity index (χ3v) is 6.59. The molecule has 0 bridgehead atoms. The first-order valence-corrected chi connectivity index (χ1v) is 11.9. The van der Waals surface area contributed by atoms with Gasteiger partial charge in [0, 0.05) is 50.9 Å². The van der Waals surface area contributed by atoms with Gasteiger partial charge in [0.25, 0.3) is 11.5 Å². The predicted molar refractivity (Wildman–Crippen MR) is 133 cm³/mol. The quantitative estimate of drug-likeness (QED) is 0.543. The molecule has 0 spiro atoms. The molecule has 2 aliphatic rings. The average molecular weight is 492 g/mol. The number of amides is 1. The zero-order chi connectivity index (χ0) is 25.1. The van der Waals surface area contributed by atoms with Crippen LogP contribution < -0.4 is 29.8 Å². The highest BCUT2D eigenvalue weighted by Gasteiger charge is 2.25. The fourth-order valence-corrected chi connectivity index (χ4v) is 4.67. The summed E-state index contributed by atoms with van der Waals surface area (Å²) in [6.07, 6.45) is 0.544. The molecule has 0 saturated carbocycles. The van der Waals surface area contributed by atoms with Gasteiger partial charge in [-0.2, -0.15) is 0 Å². The van der Waals surface area contributed by atoms with Crippen LogP contribution in [0.1, 0.15) is 27.2 Å². The SMILES string of the molecule is COc1ccc(CNC(=O)c2c(OC)cc(=O)n3c2CCN(Cc2ccc4c(c2)OCO4)CC3)cc1. The van der Waals surface area contributed by atoms with Crippen LogP contribution in [0.3, 0.4) is 0 Å². The summed E-state index contributed by atoms with van der Waals surface area (Å²) >= 11 is 0. The Balaban J connectivity index is 1.34. The summed E-state index contributed by atoms with van der Waals surface area (Å²) in [6, 6.07) is 14.9. The molecule has 1 N–H and O–H groups in total. The van der Waals surface area contributed by atoms with Gasteiger partial charge in [-0.3, -0.25) is 14.5 Å². The summed E-state index contributed by atoms with van der Waals surface area (Å²) in [4.78, 5) is 28.5. The second kappa shape index (κ2) is 10.3. The summed E-state index contributed by atoms with van der Waals surface area (Å²) in [5.41, 5.74) is 2.98. The molecular formula is C27H29N3O6. The minimum Gasteiger partial charge on any atom is -0.497 e. The predicted octanol–water partition coefficient (Wildman–Crippen LogP) is 2.58. The van der Waals surface area contributed by atoms with Gasteiger partial charge in [0.15, 0.2) is 11.5 Å². The van der Waals surface area contributed by atoms with Crippen molar-refractivity contribution in [2.45, 2.75) is 26.1 Å². The molecule has 0 atom stereocenters. The van der Waals surface area contributed by atoms with Crippen molar-refractivity contribution in [2.75, 3.05) is 34.1 Å². The molecule has 2 aromatic carbocycles. The molecule has 1 amide bonds. The third kappa shape index (κ3) is 4.87. The number of carbonyl (C=O) groups is 1. The lowest BCUT2D eigenvalue weighted by molar-refractivity contribution is 0.0945. The molecule has 188 valence electrons. The third-order valence-electron chi connectivity index (χ3n) is 6.59. The number of hydrogen-bond acceptors (Lipinski definition) is 7. The van der Waals surface area contributed by atoms with Crippen LogP contribution in [0.2, 0.25) is 0 Å². The molecular weight excluding hydrogens is 462 g/mol. The Hall–Kier alpha value is -3.98. The van der Waals surface area contributed by atoms with Crippen LogP contribution in [-0.4, -0.2) is 49.5 Å². The Morgan fingerprint density at radius 3 is 2.50 bits per heavy atom. The number of methoxy groups -OCH3 is 2. The molecule has 3 heterocycles. The lowest BCUT2D eigenvalue weighted by Gasteiger charge is -2.19. The number of aromatic nitrogens is 1. The first kappa shape index (κ1) is 23.7. The van der Waals surface area contributed by atoms with E-state index in [2.05, 4.69) is 10.2 Å². The Kier molecular flexibility index (Phi) is 6.81. The summed E-state index contributed by atoms with van der Waals surface area (Å²) in [7, 11) is 3.09. The van der Waals surface area contributed by atoms with E-state index in [1.54, 1.807) is 11.7 Å². The largest absolute Gasteiger partial charge is 0.497 e. The van der Waals surface area contributed by atoms with Gasteiger partial charge in [0.2, 0.25) is 6.79 Å². The molecule has 0 radical (unpaired) electrons. The van der Waals surface area contributed by atoms with Crippen molar-refractivity contribution in [3.05, 3.63) is 81.3 Å². The average Bonchev–Trinajstić information content (AvgIpc) is 3.27. The van der Waals surface area contributed by atoms with Crippen molar-refractivity contribution in [3.63, 3.8) is 0 Å². The molecule has 9 heteroatoms. The lowest BCUT2D eigenvalue weighted by Crippen LogP contribution is -2.31. The second-order valence-corrected chi connectivity index (χ2v) is 8.77. The zero-order valence-corrected chi connectivity index (χ0v) is 20.4. The number of carbonyl (C=O) groups excluding carboxylic acids is 1. The van der Waals surface area contributed by atoms with E-state index in [1.807, 2.05) is 42.5 Å². The Labute approximate surface area is 209 Å². The van der Waals surface area contributed by atoms with Crippen molar-refractivity contribution in [1.82, 2.24) is 14.8 Å². The number of hydrogen-bond donors (Lipinski definition) is 1. The lowest BCUT2D eigenvalue weighted by atomic mass is 10.1. The second-order valence-electron chi connectivity index (χ2n) is 8.77. The van der Waals surface area contributed by atoms with Crippen LogP contribution in [0, 0.1) is 0 Å². The van der Waals surface area contributed by atoms with E-state index in [0.717, 1.165) is 28.4 Å². The number of nitrogens with zero attached hydrogens (tertiary/aromatic N) is 2. The van der Waals surface area contributed by atoms with Crippen LogP contribution in [0.4, 0.5) is 0 Å². The Bertz CT molecular complexity index is 1320. The topological polar surface area (TPSA) is 91.3 Å². The van der Waals surface area contributed by atoms with Gasteiger partial charge < -0.3 is 28.8 Å². The normalized spacial score (nSPS) is 14.6. The van der Waals surface area contributed by atoms with Crippen LogP contribution in [0.15, 0.2) is 53.3 Å². The van der Waals surface area contributed by atoms with Gasteiger partial charge in [-0.25, -0.2) is 0 Å². The highest BCUT2D eigenvalue weighted by atomic mass is 16.7. The van der Waals surface area contributed by atoms with Crippen LogP contribution in [-0.2, 0) is 26.1 Å². The van der Waals surface area contributed by atoms with Gasteiger partial charge in [0.1, 0.15) is 17.1 Å².